The van der Waals surface area contributed by atoms with E-state index in [9.17, 15) is 5.26 Å². The molecule has 15 heavy (non-hydrogen) atoms. The van der Waals surface area contributed by atoms with Gasteiger partial charge in [-0.15, -0.1) is 0 Å². The van der Waals surface area contributed by atoms with E-state index in [0.717, 1.165) is 25.6 Å². The highest BCUT2D eigenvalue weighted by Gasteiger charge is 2.35. The van der Waals surface area contributed by atoms with E-state index in [1.54, 1.807) is 0 Å². The Morgan fingerprint density at radius 1 is 1.47 bits per heavy atom. The minimum Gasteiger partial charge on any atom is -0.300 e. The molecule has 0 spiro atoms. The second-order valence-corrected chi connectivity index (χ2v) is 5.49. The Balaban J connectivity index is 1.86. The first-order valence-corrected chi connectivity index (χ1v) is 6.02. The summed E-state index contributed by atoms with van der Waals surface area (Å²) >= 11 is 0. The quantitative estimate of drug-likeness (QED) is 0.756. The van der Waals surface area contributed by atoms with Gasteiger partial charge in [-0.3, -0.25) is 5.32 Å². The summed E-state index contributed by atoms with van der Waals surface area (Å²) < 4.78 is 0. The molecule has 1 saturated carbocycles. The van der Waals surface area contributed by atoms with Gasteiger partial charge in [0.15, 0.2) is 0 Å². The molecule has 1 aliphatic carbocycles. The van der Waals surface area contributed by atoms with Crippen LogP contribution in [0.3, 0.4) is 0 Å². The number of nitrogens with zero attached hydrogens (tertiary/aromatic N) is 2. The molecular formula is C12H21N3. The summed E-state index contributed by atoms with van der Waals surface area (Å²) in [6.07, 6.45) is 3.77. The lowest BCUT2D eigenvalue weighted by molar-refractivity contribution is 0.253. The van der Waals surface area contributed by atoms with Crippen molar-refractivity contribution in [2.24, 2.45) is 5.92 Å². The zero-order valence-electron chi connectivity index (χ0n) is 9.79. The molecule has 3 nitrogen and oxygen atoms in total. The van der Waals surface area contributed by atoms with Gasteiger partial charge in [-0.1, -0.05) is 6.92 Å². The number of hydrogen-bond donors (Lipinski definition) is 1. The lowest BCUT2D eigenvalue weighted by Gasteiger charge is -2.28. The molecule has 2 unspecified atom stereocenters. The van der Waals surface area contributed by atoms with Crippen molar-refractivity contribution < 1.29 is 0 Å². The molecule has 2 aliphatic rings. The molecule has 0 amide bonds. The van der Waals surface area contributed by atoms with Crippen LogP contribution in [0.1, 0.15) is 33.1 Å². The largest absolute Gasteiger partial charge is 0.300 e. The highest BCUT2D eigenvalue weighted by atomic mass is 15.2. The van der Waals surface area contributed by atoms with Gasteiger partial charge < -0.3 is 4.90 Å². The Kier molecular flexibility index (Phi) is 2.99. The van der Waals surface area contributed by atoms with E-state index >= 15 is 0 Å². The lowest BCUT2D eigenvalue weighted by Crippen LogP contribution is -2.50. The molecule has 1 saturated heterocycles. The zero-order chi connectivity index (χ0) is 10.9. The molecule has 3 heteroatoms. The summed E-state index contributed by atoms with van der Waals surface area (Å²) in [5.74, 6) is 0.800. The first kappa shape index (κ1) is 10.9. The molecule has 2 atom stereocenters. The molecule has 0 bridgehead atoms. The molecule has 84 valence electrons. The van der Waals surface area contributed by atoms with Crippen molar-refractivity contribution in [2.45, 2.75) is 44.7 Å². The second kappa shape index (κ2) is 4.11. The van der Waals surface area contributed by atoms with Gasteiger partial charge in [-0.25, -0.2) is 0 Å². The Morgan fingerprint density at radius 2 is 2.20 bits per heavy atom. The van der Waals surface area contributed by atoms with Crippen LogP contribution >= 0.6 is 0 Å². The topological polar surface area (TPSA) is 39.1 Å². The van der Waals surface area contributed by atoms with Crippen LogP contribution in [0, 0.1) is 17.2 Å². The maximum absolute atomic E-state index is 9.25. The van der Waals surface area contributed by atoms with Crippen molar-refractivity contribution in [1.29, 1.82) is 5.26 Å². The maximum Gasteiger partial charge on any atom is 0.116 e. The molecule has 0 aromatic heterocycles. The van der Waals surface area contributed by atoms with E-state index in [1.165, 1.54) is 19.3 Å². The molecule has 0 aromatic carbocycles. The predicted molar refractivity (Wildman–Crippen MR) is 60.4 cm³/mol. The molecule has 1 N–H and O–H groups in total. The standard InChI is InChI=1S/C12H21N3/c1-10-5-6-15(7-10)9-12(2,8-13)14-11-3-4-11/h10-11,14H,3-7,9H2,1-2H3. The van der Waals surface area contributed by atoms with Crippen LogP contribution in [-0.2, 0) is 0 Å². The molecule has 1 heterocycles. The van der Waals surface area contributed by atoms with Crippen LogP contribution in [0.5, 0.6) is 0 Å². The van der Waals surface area contributed by atoms with E-state index in [1.807, 2.05) is 6.92 Å². The Morgan fingerprint density at radius 3 is 2.67 bits per heavy atom. The second-order valence-electron chi connectivity index (χ2n) is 5.49. The number of likely N-dealkylation sites (tertiary alicyclic amines) is 1. The first-order chi connectivity index (χ1) is 7.11. The number of hydrogen-bond acceptors (Lipinski definition) is 3. The van der Waals surface area contributed by atoms with Crippen molar-refractivity contribution in [3.05, 3.63) is 0 Å². The van der Waals surface area contributed by atoms with Gasteiger partial charge in [0.2, 0.25) is 0 Å². The summed E-state index contributed by atoms with van der Waals surface area (Å²) in [6, 6.07) is 3.04. The van der Waals surface area contributed by atoms with Gasteiger partial charge in [0.05, 0.1) is 6.07 Å². The molecular weight excluding hydrogens is 186 g/mol. The average molecular weight is 207 g/mol. The van der Waals surface area contributed by atoms with Crippen LogP contribution < -0.4 is 5.32 Å². The first-order valence-electron chi connectivity index (χ1n) is 6.02. The third kappa shape index (κ3) is 2.93. The summed E-state index contributed by atoms with van der Waals surface area (Å²) in [6.45, 7) is 7.52. The lowest BCUT2D eigenvalue weighted by atomic mass is 10.0. The van der Waals surface area contributed by atoms with Crippen LogP contribution in [-0.4, -0.2) is 36.1 Å². The monoisotopic (exact) mass is 207 g/mol. The van der Waals surface area contributed by atoms with Crippen LogP contribution in [0.4, 0.5) is 0 Å². The van der Waals surface area contributed by atoms with Gasteiger partial charge in [-0.2, -0.15) is 5.26 Å². The third-order valence-electron chi connectivity index (χ3n) is 3.39. The molecule has 0 radical (unpaired) electrons. The van der Waals surface area contributed by atoms with E-state index in [-0.39, 0.29) is 5.54 Å². The Bertz CT molecular complexity index is 267. The van der Waals surface area contributed by atoms with Gasteiger partial charge >= 0.3 is 0 Å². The van der Waals surface area contributed by atoms with Crippen molar-refractivity contribution in [2.75, 3.05) is 19.6 Å². The molecule has 1 aliphatic heterocycles. The van der Waals surface area contributed by atoms with Crippen molar-refractivity contribution in [3.63, 3.8) is 0 Å². The smallest absolute Gasteiger partial charge is 0.116 e. The normalized spacial score (nSPS) is 31.1. The fourth-order valence-corrected chi connectivity index (χ4v) is 2.41. The van der Waals surface area contributed by atoms with Gasteiger partial charge in [0.25, 0.3) is 0 Å². The minimum absolute atomic E-state index is 0.342. The van der Waals surface area contributed by atoms with Crippen LogP contribution in [0.15, 0.2) is 0 Å². The number of nitriles is 1. The zero-order valence-corrected chi connectivity index (χ0v) is 9.79. The van der Waals surface area contributed by atoms with Gasteiger partial charge in [-0.05, 0) is 38.6 Å². The van der Waals surface area contributed by atoms with E-state index in [2.05, 4.69) is 23.2 Å². The third-order valence-corrected chi connectivity index (χ3v) is 3.39. The maximum atomic E-state index is 9.25. The van der Waals surface area contributed by atoms with Gasteiger partial charge in [0, 0.05) is 19.1 Å². The van der Waals surface area contributed by atoms with E-state index in [4.69, 9.17) is 0 Å². The summed E-state index contributed by atoms with van der Waals surface area (Å²) in [5.41, 5.74) is -0.342. The minimum atomic E-state index is -0.342. The highest BCUT2D eigenvalue weighted by molar-refractivity contribution is 5.09. The van der Waals surface area contributed by atoms with Crippen LogP contribution in [0.25, 0.3) is 0 Å². The Hall–Kier alpha value is -0.590. The average Bonchev–Trinajstić information content (AvgIpc) is 2.90. The van der Waals surface area contributed by atoms with E-state index in [0.29, 0.717) is 6.04 Å². The van der Waals surface area contributed by atoms with Crippen molar-refractivity contribution in [3.8, 4) is 6.07 Å². The summed E-state index contributed by atoms with van der Waals surface area (Å²) in [7, 11) is 0. The predicted octanol–water partition coefficient (Wildman–Crippen LogP) is 1.36. The highest BCUT2D eigenvalue weighted by Crippen LogP contribution is 2.24. The SMILES string of the molecule is CC1CCN(CC(C)(C#N)NC2CC2)C1. The fourth-order valence-electron chi connectivity index (χ4n) is 2.41. The van der Waals surface area contributed by atoms with Crippen molar-refractivity contribution >= 4 is 0 Å². The Labute approximate surface area is 92.4 Å². The number of rotatable bonds is 4. The fraction of sp³-hybridized carbons (Fsp3) is 0.917. The summed E-state index contributed by atoms with van der Waals surface area (Å²) in [5, 5.41) is 12.7. The molecule has 2 fully saturated rings. The summed E-state index contributed by atoms with van der Waals surface area (Å²) in [4.78, 5) is 2.42. The molecule has 0 aromatic rings. The number of nitrogens with one attached hydrogen (secondary N) is 1. The molecule has 2 rings (SSSR count). The van der Waals surface area contributed by atoms with Crippen LogP contribution in [0.2, 0.25) is 0 Å². The van der Waals surface area contributed by atoms with Gasteiger partial charge in [0.1, 0.15) is 5.54 Å². The van der Waals surface area contributed by atoms with E-state index < -0.39 is 0 Å². The van der Waals surface area contributed by atoms with Crippen molar-refractivity contribution in [1.82, 2.24) is 10.2 Å².